The van der Waals surface area contributed by atoms with Gasteiger partial charge in [0.2, 0.25) is 0 Å². The molecule has 0 bridgehead atoms. The van der Waals surface area contributed by atoms with E-state index in [0.717, 1.165) is 10.9 Å². The topological polar surface area (TPSA) is 73.1 Å². The quantitative estimate of drug-likeness (QED) is 0.555. The number of nitrogens with one attached hydrogen (secondary N) is 1. The fraction of sp³-hybridized carbons (Fsp3) is 0.111. The van der Waals surface area contributed by atoms with Crippen molar-refractivity contribution in [3.63, 3.8) is 0 Å². The molecule has 0 aliphatic carbocycles. The Bertz CT molecular complexity index is 949. The standard InChI is InChI=1S/C18H15ClN2O4/c1-23-15-5-3-11(7-16(15)24-2)10-20-21-18(22)17-9-12-8-13(19)4-6-14(12)25-17/h3-10H,1-2H3,(H,21,22)/b20-10+. The van der Waals surface area contributed by atoms with Gasteiger partial charge in [0.25, 0.3) is 0 Å². The van der Waals surface area contributed by atoms with Crippen LogP contribution >= 0.6 is 11.6 Å². The minimum Gasteiger partial charge on any atom is -0.493 e. The molecule has 0 saturated carbocycles. The lowest BCUT2D eigenvalue weighted by Crippen LogP contribution is -2.16. The van der Waals surface area contributed by atoms with Crippen LogP contribution in [0.4, 0.5) is 0 Å². The number of fused-ring (bicyclic) bond motifs is 1. The van der Waals surface area contributed by atoms with E-state index < -0.39 is 5.91 Å². The number of hydrogen-bond donors (Lipinski definition) is 1. The lowest BCUT2D eigenvalue weighted by Gasteiger charge is -2.07. The maximum Gasteiger partial charge on any atom is 0.307 e. The summed E-state index contributed by atoms with van der Waals surface area (Å²) in [5, 5.41) is 5.26. The minimum atomic E-state index is -0.455. The third-order valence-electron chi connectivity index (χ3n) is 3.49. The predicted molar refractivity (Wildman–Crippen MR) is 95.8 cm³/mol. The van der Waals surface area contributed by atoms with Gasteiger partial charge in [-0.05, 0) is 48.0 Å². The van der Waals surface area contributed by atoms with Crippen molar-refractivity contribution >= 4 is 34.7 Å². The van der Waals surface area contributed by atoms with Gasteiger partial charge in [-0.15, -0.1) is 0 Å². The number of halogens is 1. The largest absolute Gasteiger partial charge is 0.493 e. The van der Waals surface area contributed by atoms with E-state index in [1.165, 1.54) is 6.21 Å². The van der Waals surface area contributed by atoms with E-state index in [1.807, 2.05) is 0 Å². The van der Waals surface area contributed by atoms with Crippen LogP contribution in [0.15, 0.2) is 52.0 Å². The van der Waals surface area contributed by atoms with Crippen molar-refractivity contribution < 1.29 is 18.7 Å². The first kappa shape index (κ1) is 16.9. The summed E-state index contributed by atoms with van der Waals surface area (Å²) in [6.07, 6.45) is 1.50. The summed E-state index contributed by atoms with van der Waals surface area (Å²) in [4.78, 5) is 12.1. The van der Waals surface area contributed by atoms with Crippen LogP contribution in [0.25, 0.3) is 11.0 Å². The number of hydrazone groups is 1. The molecule has 0 spiro atoms. The first-order chi connectivity index (χ1) is 12.1. The molecule has 0 aliphatic rings. The molecule has 0 aliphatic heterocycles. The van der Waals surface area contributed by atoms with Gasteiger partial charge in [-0.3, -0.25) is 4.79 Å². The molecule has 0 atom stereocenters. The summed E-state index contributed by atoms with van der Waals surface area (Å²) in [6.45, 7) is 0. The second-order valence-corrected chi connectivity index (χ2v) is 5.54. The third kappa shape index (κ3) is 3.75. The molecule has 0 radical (unpaired) electrons. The van der Waals surface area contributed by atoms with E-state index in [2.05, 4.69) is 10.5 Å². The highest BCUT2D eigenvalue weighted by Crippen LogP contribution is 2.27. The summed E-state index contributed by atoms with van der Waals surface area (Å²) in [5.41, 5.74) is 3.75. The SMILES string of the molecule is COc1ccc(/C=N/NC(=O)c2cc3cc(Cl)ccc3o2)cc1OC. The number of benzene rings is 2. The van der Waals surface area contributed by atoms with Gasteiger partial charge in [0.1, 0.15) is 5.58 Å². The first-order valence-electron chi connectivity index (χ1n) is 7.35. The average molecular weight is 359 g/mol. The fourth-order valence-corrected chi connectivity index (χ4v) is 2.46. The Morgan fingerprint density at radius 2 is 1.92 bits per heavy atom. The van der Waals surface area contributed by atoms with E-state index in [0.29, 0.717) is 22.1 Å². The zero-order chi connectivity index (χ0) is 17.8. The molecule has 1 aromatic heterocycles. The van der Waals surface area contributed by atoms with Crippen molar-refractivity contribution in [2.24, 2.45) is 5.10 Å². The normalized spacial score (nSPS) is 11.0. The smallest absolute Gasteiger partial charge is 0.307 e. The molecular formula is C18H15ClN2O4. The van der Waals surface area contributed by atoms with Gasteiger partial charge < -0.3 is 13.9 Å². The van der Waals surface area contributed by atoms with Crippen LogP contribution in [0.3, 0.4) is 0 Å². The average Bonchev–Trinajstić information content (AvgIpc) is 3.04. The summed E-state index contributed by atoms with van der Waals surface area (Å²) in [5.74, 6) is 0.891. The van der Waals surface area contributed by atoms with Gasteiger partial charge in [0.15, 0.2) is 17.3 Å². The third-order valence-corrected chi connectivity index (χ3v) is 3.72. The van der Waals surface area contributed by atoms with Gasteiger partial charge >= 0.3 is 5.91 Å². The fourth-order valence-electron chi connectivity index (χ4n) is 2.28. The van der Waals surface area contributed by atoms with Crippen LogP contribution in [0, 0.1) is 0 Å². The Balaban J connectivity index is 1.71. The molecule has 0 fully saturated rings. The second kappa shape index (κ2) is 7.27. The maximum atomic E-state index is 12.1. The summed E-state index contributed by atoms with van der Waals surface area (Å²) >= 11 is 5.92. The molecule has 1 amide bonds. The molecule has 3 aromatic rings. The van der Waals surface area contributed by atoms with E-state index in [4.69, 9.17) is 25.5 Å². The molecule has 3 rings (SSSR count). The molecule has 1 heterocycles. The van der Waals surface area contributed by atoms with Crippen molar-refractivity contribution in [1.29, 1.82) is 0 Å². The van der Waals surface area contributed by atoms with Gasteiger partial charge in [-0.1, -0.05) is 11.6 Å². The van der Waals surface area contributed by atoms with Crippen LogP contribution in [0.1, 0.15) is 16.1 Å². The summed E-state index contributed by atoms with van der Waals surface area (Å²) in [7, 11) is 3.11. The van der Waals surface area contributed by atoms with Crippen molar-refractivity contribution in [3.05, 3.63) is 58.8 Å². The molecule has 7 heteroatoms. The molecule has 0 unspecified atom stereocenters. The van der Waals surface area contributed by atoms with Crippen molar-refractivity contribution in [1.82, 2.24) is 5.43 Å². The highest BCUT2D eigenvalue weighted by Gasteiger charge is 2.11. The molecule has 6 nitrogen and oxygen atoms in total. The Labute approximate surface area is 149 Å². The lowest BCUT2D eigenvalue weighted by atomic mass is 10.2. The number of ether oxygens (including phenoxy) is 2. The van der Waals surface area contributed by atoms with Crippen LogP contribution in [0.5, 0.6) is 11.5 Å². The van der Waals surface area contributed by atoms with Gasteiger partial charge in [0.05, 0.1) is 20.4 Å². The van der Waals surface area contributed by atoms with E-state index in [-0.39, 0.29) is 5.76 Å². The Hall–Kier alpha value is -2.99. The Morgan fingerprint density at radius 3 is 2.68 bits per heavy atom. The lowest BCUT2D eigenvalue weighted by molar-refractivity contribution is 0.0929. The first-order valence-corrected chi connectivity index (χ1v) is 7.73. The van der Waals surface area contributed by atoms with Crippen LogP contribution in [-0.2, 0) is 0 Å². The number of methoxy groups -OCH3 is 2. The molecule has 1 N–H and O–H groups in total. The van der Waals surface area contributed by atoms with Gasteiger partial charge in [-0.25, -0.2) is 5.43 Å². The van der Waals surface area contributed by atoms with Crippen LogP contribution in [-0.4, -0.2) is 26.3 Å². The predicted octanol–water partition coefficient (Wildman–Crippen LogP) is 3.87. The van der Waals surface area contributed by atoms with E-state index in [9.17, 15) is 4.79 Å². The molecule has 0 saturated heterocycles. The Kier molecular flexibility index (Phi) is 4.90. The van der Waals surface area contributed by atoms with Gasteiger partial charge in [0, 0.05) is 10.4 Å². The second-order valence-electron chi connectivity index (χ2n) is 5.11. The number of carbonyl (C=O) groups excluding carboxylic acids is 1. The number of amides is 1. The highest BCUT2D eigenvalue weighted by molar-refractivity contribution is 6.31. The summed E-state index contributed by atoms with van der Waals surface area (Å²) in [6, 6.07) is 12.0. The van der Waals surface area contributed by atoms with Crippen molar-refractivity contribution in [2.45, 2.75) is 0 Å². The maximum absolute atomic E-state index is 12.1. The van der Waals surface area contributed by atoms with Crippen molar-refractivity contribution in [2.75, 3.05) is 14.2 Å². The minimum absolute atomic E-state index is 0.154. The number of hydrogen-bond acceptors (Lipinski definition) is 5. The van der Waals surface area contributed by atoms with Crippen molar-refractivity contribution in [3.8, 4) is 11.5 Å². The zero-order valence-electron chi connectivity index (χ0n) is 13.6. The van der Waals surface area contributed by atoms with E-state index >= 15 is 0 Å². The molecule has 2 aromatic carbocycles. The molecule has 25 heavy (non-hydrogen) atoms. The number of carbonyl (C=O) groups is 1. The van der Waals surface area contributed by atoms with Crippen LogP contribution < -0.4 is 14.9 Å². The monoisotopic (exact) mass is 358 g/mol. The summed E-state index contributed by atoms with van der Waals surface area (Å²) < 4.78 is 15.9. The van der Waals surface area contributed by atoms with Gasteiger partial charge in [-0.2, -0.15) is 5.10 Å². The van der Waals surface area contributed by atoms with Crippen LogP contribution in [0.2, 0.25) is 5.02 Å². The molecular weight excluding hydrogens is 344 g/mol. The zero-order valence-corrected chi connectivity index (χ0v) is 14.3. The number of furan rings is 1. The van der Waals surface area contributed by atoms with E-state index in [1.54, 1.807) is 56.7 Å². The Morgan fingerprint density at radius 1 is 1.12 bits per heavy atom. The number of nitrogens with zero attached hydrogens (tertiary/aromatic N) is 1. The number of rotatable bonds is 5. The highest BCUT2D eigenvalue weighted by atomic mass is 35.5. The molecule has 128 valence electrons.